The van der Waals surface area contributed by atoms with Crippen LogP contribution in [0.1, 0.15) is 50.0 Å². The molecule has 2 N–H and O–H groups in total. The van der Waals surface area contributed by atoms with E-state index in [4.69, 9.17) is 9.73 Å². The van der Waals surface area contributed by atoms with Crippen LogP contribution in [0.2, 0.25) is 0 Å². The van der Waals surface area contributed by atoms with Crippen LogP contribution in [0.4, 0.5) is 5.69 Å². The molecule has 1 fully saturated rings. The van der Waals surface area contributed by atoms with Crippen LogP contribution >= 0.6 is 0 Å². The van der Waals surface area contributed by atoms with Crippen molar-refractivity contribution in [2.45, 2.75) is 51.7 Å². The lowest BCUT2D eigenvalue weighted by molar-refractivity contribution is 0.0786. The van der Waals surface area contributed by atoms with Crippen molar-refractivity contribution >= 4 is 17.4 Å². The van der Waals surface area contributed by atoms with Crippen molar-refractivity contribution in [3.8, 4) is 5.75 Å². The molecule has 0 radical (unpaired) electrons. The second kappa shape index (κ2) is 8.35. The van der Waals surface area contributed by atoms with Crippen LogP contribution in [0.25, 0.3) is 0 Å². The molecule has 0 aliphatic carbocycles. The molecule has 2 aromatic rings. The summed E-state index contributed by atoms with van der Waals surface area (Å²) in [4.78, 5) is 20.2. The third-order valence-electron chi connectivity index (χ3n) is 5.76. The van der Waals surface area contributed by atoms with Gasteiger partial charge in [0, 0.05) is 30.9 Å². The number of para-hydroxylation sites is 1. The molecule has 0 aromatic heterocycles. The quantitative estimate of drug-likeness (QED) is 0.785. The Labute approximate surface area is 184 Å². The molecule has 164 valence electrons. The summed E-state index contributed by atoms with van der Waals surface area (Å²) < 4.78 is 5.50. The number of amidine groups is 1. The van der Waals surface area contributed by atoms with Crippen molar-refractivity contribution < 1.29 is 9.53 Å². The molecule has 1 atom stereocenters. The van der Waals surface area contributed by atoms with Crippen LogP contribution in [-0.2, 0) is 6.54 Å². The number of nitrogens with zero attached hydrogens (tertiary/aromatic N) is 2. The van der Waals surface area contributed by atoms with Crippen molar-refractivity contribution in [1.29, 1.82) is 0 Å². The molecule has 0 saturated carbocycles. The normalized spacial score (nSPS) is 22.2. The highest BCUT2D eigenvalue weighted by atomic mass is 16.5. The van der Waals surface area contributed by atoms with E-state index in [1.807, 2.05) is 42.2 Å². The molecule has 2 aromatic carbocycles. The third kappa shape index (κ3) is 4.59. The van der Waals surface area contributed by atoms with E-state index in [0.717, 1.165) is 30.2 Å². The Hall–Kier alpha value is -2.86. The molecular formula is C25H32N4O2. The van der Waals surface area contributed by atoms with E-state index in [2.05, 4.69) is 49.6 Å². The van der Waals surface area contributed by atoms with Gasteiger partial charge in [-0.05, 0) is 70.0 Å². The zero-order valence-electron chi connectivity index (χ0n) is 18.9. The number of nitrogens with one attached hydrogen (secondary N) is 2. The van der Waals surface area contributed by atoms with Gasteiger partial charge < -0.3 is 15.0 Å². The van der Waals surface area contributed by atoms with Gasteiger partial charge in [-0.1, -0.05) is 18.2 Å². The summed E-state index contributed by atoms with van der Waals surface area (Å²) in [6.07, 6.45) is 0.811. The van der Waals surface area contributed by atoms with Crippen LogP contribution in [0, 0.1) is 0 Å². The van der Waals surface area contributed by atoms with Crippen molar-refractivity contribution in [1.82, 2.24) is 10.2 Å². The number of aliphatic imine (C=N–C) groups is 1. The number of amides is 1. The van der Waals surface area contributed by atoms with Crippen molar-refractivity contribution in [2.24, 2.45) is 4.99 Å². The van der Waals surface area contributed by atoms with Gasteiger partial charge in [-0.25, -0.2) is 0 Å². The summed E-state index contributed by atoms with van der Waals surface area (Å²) >= 11 is 0. The molecule has 4 rings (SSSR count). The number of benzene rings is 2. The number of ether oxygens (including phenoxy) is 1. The summed E-state index contributed by atoms with van der Waals surface area (Å²) in [6, 6.07) is 15.7. The van der Waals surface area contributed by atoms with Gasteiger partial charge in [-0.2, -0.15) is 0 Å². The van der Waals surface area contributed by atoms with E-state index in [1.54, 1.807) is 0 Å². The minimum Gasteiger partial charge on any atom is -0.494 e. The highest BCUT2D eigenvalue weighted by Gasteiger charge is 2.46. The van der Waals surface area contributed by atoms with Crippen LogP contribution in [0.3, 0.4) is 0 Å². The predicted octanol–water partition coefficient (Wildman–Crippen LogP) is 4.08. The minimum atomic E-state index is -0.396. The first-order valence-corrected chi connectivity index (χ1v) is 11.0. The Morgan fingerprint density at radius 3 is 2.61 bits per heavy atom. The summed E-state index contributed by atoms with van der Waals surface area (Å²) in [5.41, 5.74) is 2.33. The molecule has 1 spiro atoms. The fourth-order valence-electron chi connectivity index (χ4n) is 4.23. The first kappa shape index (κ1) is 21.4. The Morgan fingerprint density at radius 2 is 1.90 bits per heavy atom. The number of carbonyl (C=O) groups is 1. The van der Waals surface area contributed by atoms with Gasteiger partial charge in [-0.15, -0.1) is 0 Å². The van der Waals surface area contributed by atoms with Gasteiger partial charge in [-0.3, -0.25) is 15.1 Å². The van der Waals surface area contributed by atoms with Gasteiger partial charge in [0.2, 0.25) is 0 Å². The molecule has 2 aliphatic rings. The lowest BCUT2D eigenvalue weighted by Crippen LogP contribution is -2.56. The number of fused-ring (bicyclic) bond motifs is 1. The Balaban J connectivity index is 1.60. The second-order valence-corrected chi connectivity index (χ2v) is 9.28. The molecule has 0 unspecified atom stereocenters. The first-order valence-electron chi connectivity index (χ1n) is 11.0. The molecule has 1 saturated heterocycles. The smallest absolute Gasteiger partial charge is 0.253 e. The van der Waals surface area contributed by atoms with E-state index in [0.29, 0.717) is 25.3 Å². The van der Waals surface area contributed by atoms with E-state index in [-0.39, 0.29) is 11.4 Å². The standard InChI is InChI=1S/C25H32N4O2/c1-5-31-20-12-10-18(11-13-20)22(30)29-15-14-25(17-29)23(28-24(2,3)4)27-21-9-7-6-8-19(21)16-26-25/h6-13,26H,5,14-17H2,1-4H3,(H,27,28)/t25-/m1/s1. The maximum absolute atomic E-state index is 13.2. The summed E-state index contributed by atoms with van der Waals surface area (Å²) in [7, 11) is 0. The zero-order valence-corrected chi connectivity index (χ0v) is 18.9. The summed E-state index contributed by atoms with van der Waals surface area (Å²) in [5.74, 6) is 1.73. The highest BCUT2D eigenvalue weighted by molar-refractivity contribution is 6.05. The van der Waals surface area contributed by atoms with Crippen LogP contribution in [-0.4, -0.2) is 47.4 Å². The van der Waals surface area contributed by atoms with Gasteiger partial charge >= 0.3 is 0 Å². The fourth-order valence-corrected chi connectivity index (χ4v) is 4.23. The Morgan fingerprint density at radius 1 is 1.16 bits per heavy atom. The van der Waals surface area contributed by atoms with Crippen molar-refractivity contribution in [2.75, 3.05) is 25.0 Å². The maximum Gasteiger partial charge on any atom is 0.253 e. The van der Waals surface area contributed by atoms with E-state index < -0.39 is 5.54 Å². The topological polar surface area (TPSA) is 66.0 Å². The number of hydrogen-bond acceptors (Lipinski definition) is 4. The minimum absolute atomic E-state index is 0.0404. The monoisotopic (exact) mass is 420 g/mol. The van der Waals surface area contributed by atoms with Crippen molar-refractivity contribution in [3.05, 3.63) is 59.7 Å². The molecule has 31 heavy (non-hydrogen) atoms. The molecule has 1 amide bonds. The van der Waals surface area contributed by atoms with Gasteiger partial charge in [0.05, 0.1) is 17.7 Å². The molecular weight excluding hydrogens is 388 g/mol. The largest absolute Gasteiger partial charge is 0.494 e. The van der Waals surface area contributed by atoms with E-state index >= 15 is 0 Å². The van der Waals surface area contributed by atoms with Crippen LogP contribution in [0.5, 0.6) is 5.75 Å². The number of likely N-dealkylation sites (tertiary alicyclic amines) is 1. The lowest BCUT2D eigenvalue weighted by atomic mass is 9.95. The lowest BCUT2D eigenvalue weighted by Gasteiger charge is -2.32. The van der Waals surface area contributed by atoms with Gasteiger partial charge in [0.25, 0.3) is 5.91 Å². The zero-order chi connectivity index (χ0) is 22.1. The molecule has 0 bridgehead atoms. The Bertz CT molecular complexity index is 978. The van der Waals surface area contributed by atoms with E-state index in [9.17, 15) is 4.79 Å². The third-order valence-corrected chi connectivity index (χ3v) is 5.76. The number of rotatable bonds is 3. The fraction of sp³-hybridized carbons (Fsp3) is 0.440. The van der Waals surface area contributed by atoms with Crippen LogP contribution < -0.4 is 15.4 Å². The molecule has 2 aliphatic heterocycles. The second-order valence-electron chi connectivity index (χ2n) is 9.28. The van der Waals surface area contributed by atoms with E-state index in [1.165, 1.54) is 5.56 Å². The SMILES string of the molecule is CCOc1ccc(C(=O)N2CC[C@]3(C2)NCc2ccccc2NC3=NC(C)(C)C)cc1. The number of anilines is 1. The maximum atomic E-state index is 13.2. The predicted molar refractivity (Wildman–Crippen MR) is 125 cm³/mol. The average molecular weight is 421 g/mol. The molecule has 6 nitrogen and oxygen atoms in total. The summed E-state index contributed by atoms with van der Waals surface area (Å²) in [5, 5.41) is 7.34. The Kier molecular flexibility index (Phi) is 5.75. The number of carbonyl (C=O) groups excluding carboxylic acids is 1. The molecule has 6 heteroatoms. The summed E-state index contributed by atoms with van der Waals surface area (Å²) in [6.45, 7) is 10.9. The highest BCUT2D eigenvalue weighted by Crippen LogP contribution is 2.31. The number of hydrogen-bond donors (Lipinski definition) is 2. The average Bonchev–Trinajstić information content (AvgIpc) is 3.11. The van der Waals surface area contributed by atoms with Gasteiger partial charge in [0.15, 0.2) is 0 Å². The van der Waals surface area contributed by atoms with Crippen molar-refractivity contribution in [3.63, 3.8) is 0 Å². The van der Waals surface area contributed by atoms with Gasteiger partial charge in [0.1, 0.15) is 11.6 Å². The first-order chi connectivity index (χ1) is 14.8. The van der Waals surface area contributed by atoms with Crippen LogP contribution in [0.15, 0.2) is 53.5 Å². The molecule has 2 heterocycles.